The lowest BCUT2D eigenvalue weighted by Gasteiger charge is -2.33. The van der Waals surface area contributed by atoms with Gasteiger partial charge >= 0.3 is 5.97 Å². The molecule has 15 heavy (non-hydrogen) atoms. The summed E-state index contributed by atoms with van der Waals surface area (Å²) in [6.45, 7) is 2.19. The molecule has 3 nitrogen and oxygen atoms in total. The number of nitrogens with zero attached hydrogens (tertiary/aromatic N) is 1. The lowest BCUT2D eigenvalue weighted by atomic mass is 9.95. The smallest absolute Gasteiger partial charge is 0.335 e. The maximum atomic E-state index is 10.8. The molecule has 80 valence electrons. The Labute approximate surface area is 89.3 Å². The standard InChI is InChI=1S/C12H15NO2/c1-8-3-4-9-7-10(12(14)15)5-6-11(9)13(8)2/h5-8H,3-4H2,1-2H3,(H,14,15). The van der Waals surface area contributed by atoms with Gasteiger partial charge in [0.05, 0.1) is 5.56 Å². The van der Waals surface area contributed by atoms with E-state index in [2.05, 4.69) is 18.9 Å². The molecule has 0 radical (unpaired) electrons. The van der Waals surface area contributed by atoms with Crippen LogP contribution in [0.1, 0.15) is 29.3 Å². The molecule has 1 atom stereocenters. The first kappa shape index (κ1) is 10.0. The van der Waals surface area contributed by atoms with Crippen LogP contribution in [0.2, 0.25) is 0 Å². The third-order valence-electron chi connectivity index (χ3n) is 3.20. The number of fused-ring (bicyclic) bond motifs is 1. The van der Waals surface area contributed by atoms with E-state index in [-0.39, 0.29) is 0 Å². The van der Waals surface area contributed by atoms with Gasteiger partial charge in [-0.05, 0) is 43.5 Å². The van der Waals surface area contributed by atoms with Crippen LogP contribution < -0.4 is 4.90 Å². The van der Waals surface area contributed by atoms with E-state index >= 15 is 0 Å². The minimum atomic E-state index is -0.848. The highest BCUT2D eigenvalue weighted by Crippen LogP contribution is 2.29. The zero-order chi connectivity index (χ0) is 11.0. The van der Waals surface area contributed by atoms with E-state index in [4.69, 9.17) is 5.11 Å². The topological polar surface area (TPSA) is 40.5 Å². The second-order valence-electron chi connectivity index (χ2n) is 4.15. The van der Waals surface area contributed by atoms with Crippen LogP contribution >= 0.6 is 0 Å². The maximum absolute atomic E-state index is 10.8. The van der Waals surface area contributed by atoms with E-state index in [0.29, 0.717) is 11.6 Å². The van der Waals surface area contributed by atoms with Crippen molar-refractivity contribution >= 4 is 11.7 Å². The summed E-state index contributed by atoms with van der Waals surface area (Å²) in [4.78, 5) is 13.0. The number of benzene rings is 1. The molecule has 0 fully saturated rings. The van der Waals surface area contributed by atoms with Gasteiger partial charge in [-0.25, -0.2) is 4.79 Å². The van der Waals surface area contributed by atoms with E-state index in [0.717, 1.165) is 18.4 Å². The monoisotopic (exact) mass is 205 g/mol. The van der Waals surface area contributed by atoms with Crippen molar-refractivity contribution in [2.45, 2.75) is 25.8 Å². The summed E-state index contributed by atoms with van der Waals surface area (Å²) in [5.74, 6) is -0.848. The van der Waals surface area contributed by atoms with Crippen LogP contribution in [0.15, 0.2) is 18.2 Å². The van der Waals surface area contributed by atoms with Crippen molar-refractivity contribution in [1.29, 1.82) is 0 Å². The first-order valence-corrected chi connectivity index (χ1v) is 5.18. The summed E-state index contributed by atoms with van der Waals surface area (Å²) in [5, 5.41) is 8.89. The number of aryl methyl sites for hydroxylation is 1. The predicted molar refractivity (Wildman–Crippen MR) is 59.6 cm³/mol. The van der Waals surface area contributed by atoms with E-state index in [1.165, 1.54) is 5.69 Å². The maximum Gasteiger partial charge on any atom is 0.335 e. The second kappa shape index (κ2) is 3.57. The number of carboxylic acid groups (broad SMARTS) is 1. The molecule has 0 aliphatic carbocycles. The number of carboxylic acids is 1. The number of aromatic carboxylic acids is 1. The van der Waals surface area contributed by atoms with Crippen LogP contribution in [0.3, 0.4) is 0 Å². The van der Waals surface area contributed by atoms with Crippen molar-refractivity contribution in [2.24, 2.45) is 0 Å². The number of hydrogen-bond donors (Lipinski definition) is 1. The Morgan fingerprint density at radius 1 is 1.53 bits per heavy atom. The highest BCUT2D eigenvalue weighted by Gasteiger charge is 2.20. The average Bonchev–Trinajstić information content (AvgIpc) is 2.23. The van der Waals surface area contributed by atoms with Gasteiger partial charge in [-0.2, -0.15) is 0 Å². The minimum Gasteiger partial charge on any atom is -0.478 e. The molecule has 1 aromatic rings. The highest BCUT2D eigenvalue weighted by molar-refractivity contribution is 5.88. The van der Waals surface area contributed by atoms with Crippen molar-refractivity contribution in [2.75, 3.05) is 11.9 Å². The molecule has 0 bridgehead atoms. The molecule has 3 heteroatoms. The molecular formula is C12H15NO2. The quantitative estimate of drug-likeness (QED) is 0.763. The SMILES string of the molecule is CC1CCc2cc(C(=O)O)ccc2N1C. The normalized spacial score (nSPS) is 19.9. The van der Waals surface area contributed by atoms with Gasteiger partial charge in [0.1, 0.15) is 0 Å². The van der Waals surface area contributed by atoms with E-state index in [1.807, 2.05) is 6.07 Å². The molecule has 1 unspecified atom stereocenters. The Morgan fingerprint density at radius 2 is 2.27 bits per heavy atom. The predicted octanol–water partition coefficient (Wildman–Crippen LogP) is 2.16. The van der Waals surface area contributed by atoms with Crippen LogP contribution in [-0.4, -0.2) is 24.2 Å². The molecular weight excluding hydrogens is 190 g/mol. The third kappa shape index (κ3) is 1.69. The summed E-state index contributed by atoms with van der Waals surface area (Å²) in [6.07, 6.45) is 2.06. The zero-order valence-electron chi connectivity index (χ0n) is 9.03. The lowest BCUT2D eigenvalue weighted by Crippen LogP contribution is -2.33. The van der Waals surface area contributed by atoms with Gasteiger partial charge in [0.15, 0.2) is 0 Å². The number of hydrogen-bond acceptors (Lipinski definition) is 2. The summed E-state index contributed by atoms with van der Waals surface area (Å²) >= 11 is 0. The van der Waals surface area contributed by atoms with Gasteiger partial charge in [-0.15, -0.1) is 0 Å². The molecule has 0 spiro atoms. The molecule has 0 amide bonds. The van der Waals surface area contributed by atoms with Crippen LogP contribution in [0.5, 0.6) is 0 Å². The molecule has 1 aliphatic heterocycles. The van der Waals surface area contributed by atoms with Crippen LogP contribution in [-0.2, 0) is 6.42 Å². The Kier molecular flexibility index (Phi) is 2.39. The fourth-order valence-electron chi connectivity index (χ4n) is 2.06. The first-order valence-electron chi connectivity index (χ1n) is 5.18. The molecule has 1 aliphatic rings. The summed E-state index contributed by atoms with van der Waals surface area (Å²) in [6, 6.07) is 5.91. The van der Waals surface area contributed by atoms with Gasteiger partial charge in [0.2, 0.25) is 0 Å². The molecule has 0 saturated heterocycles. The van der Waals surface area contributed by atoms with Gasteiger partial charge in [-0.1, -0.05) is 0 Å². The van der Waals surface area contributed by atoms with Crippen molar-refractivity contribution < 1.29 is 9.90 Å². The lowest BCUT2D eigenvalue weighted by molar-refractivity contribution is 0.0697. The fourth-order valence-corrected chi connectivity index (χ4v) is 2.06. The Hall–Kier alpha value is -1.51. The Morgan fingerprint density at radius 3 is 2.93 bits per heavy atom. The Bertz CT molecular complexity index is 401. The number of rotatable bonds is 1. The molecule has 1 heterocycles. The number of anilines is 1. The van der Waals surface area contributed by atoms with Crippen molar-refractivity contribution in [3.05, 3.63) is 29.3 Å². The molecule has 2 rings (SSSR count). The van der Waals surface area contributed by atoms with E-state index in [1.54, 1.807) is 12.1 Å². The van der Waals surface area contributed by atoms with Crippen LogP contribution in [0.4, 0.5) is 5.69 Å². The van der Waals surface area contributed by atoms with E-state index < -0.39 is 5.97 Å². The average molecular weight is 205 g/mol. The van der Waals surface area contributed by atoms with Gasteiger partial charge < -0.3 is 10.0 Å². The van der Waals surface area contributed by atoms with Gasteiger partial charge in [0.25, 0.3) is 0 Å². The molecule has 0 aromatic heterocycles. The molecule has 0 saturated carbocycles. The van der Waals surface area contributed by atoms with Gasteiger partial charge in [-0.3, -0.25) is 0 Å². The minimum absolute atomic E-state index is 0.386. The van der Waals surface area contributed by atoms with Gasteiger partial charge in [0, 0.05) is 18.8 Å². The van der Waals surface area contributed by atoms with Crippen molar-refractivity contribution in [3.8, 4) is 0 Å². The van der Waals surface area contributed by atoms with Crippen LogP contribution in [0.25, 0.3) is 0 Å². The van der Waals surface area contributed by atoms with Crippen molar-refractivity contribution in [1.82, 2.24) is 0 Å². The molecule has 1 aromatic carbocycles. The third-order valence-corrected chi connectivity index (χ3v) is 3.20. The fraction of sp³-hybridized carbons (Fsp3) is 0.417. The zero-order valence-corrected chi connectivity index (χ0v) is 9.03. The summed E-state index contributed by atoms with van der Waals surface area (Å²) in [5.41, 5.74) is 2.70. The van der Waals surface area contributed by atoms with Crippen LogP contribution in [0, 0.1) is 0 Å². The summed E-state index contributed by atoms with van der Waals surface area (Å²) in [7, 11) is 2.06. The molecule has 1 N–H and O–H groups in total. The Balaban J connectivity index is 2.42. The highest BCUT2D eigenvalue weighted by atomic mass is 16.4. The first-order chi connectivity index (χ1) is 7.09. The number of carbonyl (C=O) groups is 1. The summed E-state index contributed by atoms with van der Waals surface area (Å²) < 4.78 is 0. The van der Waals surface area contributed by atoms with Crippen molar-refractivity contribution in [3.63, 3.8) is 0 Å². The largest absolute Gasteiger partial charge is 0.478 e. The second-order valence-corrected chi connectivity index (χ2v) is 4.15. The van der Waals surface area contributed by atoms with E-state index in [9.17, 15) is 4.79 Å².